The van der Waals surface area contributed by atoms with Crippen molar-refractivity contribution >= 4 is 0 Å². The number of nitrogens with two attached hydrogens (primary N) is 1. The third-order valence-electron chi connectivity index (χ3n) is 3.60. The van der Waals surface area contributed by atoms with Crippen molar-refractivity contribution in [1.82, 2.24) is 9.78 Å². The monoisotopic (exact) mass is 287 g/mol. The maximum atomic E-state index is 6.29. The summed E-state index contributed by atoms with van der Waals surface area (Å²) < 4.78 is 7.57. The van der Waals surface area contributed by atoms with Gasteiger partial charge in [0.1, 0.15) is 5.75 Å². The highest BCUT2D eigenvalue weighted by Crippen LogP contribution is 2.20. The van der Waals surface area contributed by atoms with Gasteiger partial charge in [0.05, 0.1) is 12.3 Å². The molecule has 2 rings (SSSR count). The van der Waals surface area contributed by atoms with Crippen molar-refractivity contribution in [2.45, 2.75) is 39.2 Å². The summed E-state index contributed by atoms with van der Waals surface area (Å²) in [4.78, 5) is 0. The molecule has 0 aliphatic heterocycles. The molecule has 0 aliphatic carbocycles. The topological polar surface area (TPSA) is 53.1 Å². The van der Waals surface area contributed by atoms with Crippen LogP contribution in [0.4, 0.5) is 0 Å². The molecule has 0 fully saturated rings. The van der Waals surface area contributed by atoms with Gasteiger partial charge in [-0.3, -0.25) is 4.68 Å². The molecule has 114 valence electrons. The van der Waals surface area contributed by atoms with Gasteiger partial charge in [-0.25, -0.2) is 0 Å². The fraction of sp³-hybridized carbons (Fsp3) is 0.471. The van der Waals surface area contributed by atoms with Crippen molar-refractivity contribution in [3.05, 3.63) is 47.3 Å². The molecule has 0 saturated carbocycles. The first kappa shape index (κ1) is 15.6. The summed E-state index contributed by atoms with van der Waals surface area (Å²) in [7, 11) is 1.96. The molecule has 4 nitrogen and oxygen atoms in total. The van der Waals surface area contributed by atoms with Crippen LogP contribution in [0.25, 0.3) is 0 Å². The van der Waals surface area contributed by atoms with E-state index >= 15 is 0 Å². The summed E-state index contributed by atoms with van der Waals surface area (Å²) in [5.74, 6) is 0.913. The Labute approximate surface area is 126 Å². The lowest BCUT2D eigenvalue weighted by Gasteiger charge is -2.13. The lowest BCUT2D eigenvalue weighted by Crippen LogP contribution is -2.15. The van der Waals surface area contributed by atoms with Gasteiger partial charge in [-0.05, 0) is 37.1 Å². The molecule has 1 atom stereocenters. The Hall–Kier alpha value is -1.81. The molecule has 0 bridgehead atoms. The van der Waals surface area contributed by atoms with Crippen molar-refractivity contribution < 1.29 is 4.74 Å². The first-order valence-electron chi connectivity index (χ1n) is 7.58. The Balaban J connectivity index is 1.96. The van der Waals surface area contributed by atoms with E-state index in [-0.39, 0.29) is 6.04 Å². The maximum absolute atomic E-state index is 6.29. The van der Waals surface area contributed by atoms with E-state index in [1.54, 1.807) is 0 Å². The van der Waals surface area contributed by atoms with Gasteiger partial charge in [0, 0.05) is 25.2 Å². The van der Waals surface area contributed by atoms with Crippen LogP contribution in [0.5, 0.6) is 5.75 Å². The van der Waals surface area contributed by atoms with Crippen molar-refractivity contribution in [1.29, 1.82) is 0 Å². The lowest BCUT2D eigenvalue weighted by molar-refractivity contribution is 0.309. The van der Waals surface area contributed by atoms with E-state index in [2.05, 4.69) is 30.2 Å². The summed E-state index contributed by atoms with van der Waals surface area (Å²) in [6.07, 6.45) is 3.02. The lowest BCUT2D eigenvalue weighted by atomic mass is 10.0. The summed E-state index contributed by atoms with van der Waals surface area (Å²) in [5, 5.41) is 4.35. The molecule has 0 spiro atoms. The summed E-state index contributed by atoms with van der Waals surface area (Å²) in [6, 6.07) is 10.2. The second-order valence-electron chi connectivity index (χ2n) is 5.48. The predicted molar refractivity (Wildman–Crippen MR) is 85.4 cm³/mol. The number of unbranched alkanes of at least 4 members (excludes halogenated alkanes) is 1. The largest absolute Gasteiger partial charge is 0.494 e. The fourth-order valence-electron chi connectivity index (χ4n) is 2.34. The summed E-state index contributed by atoms with van der Waals surface area (Å²) >= 11 is 0. The molecule has 0 amide bonds. The first-order valence-corrected chi connectivity index (χ1v) is 7.58. The highest BCUT2D eigenvalue weighted by atomic mass is 16.5. The number of hydrogen-bond donors (Lipinski definition) is 1. The minimum absolute atomic E-state index is 0.0236. The zero-order chi connectivity index (χ0) is 15.2. The van der Waals surface area contributed by atoms with E-state index in [1.807, 2.05) is 30.8 Å². The van der Waals surface area contributed by atoms with Crippen molar-refractivity contribution in [3.8, 4) is 5.75 Å². The molecule has 0 radical (unpaired) electrons. The minimum atomic E-state index is -0.0236. The third kappa shape index (κ3) is 4.33. The Morgan fingerprint density at radius 3 is 2.57 bits per heavy atom. The quantitative estimate of drug-likeness (QED) is 0.796. The van der Waals surface area contributed by atoms with Gasteiger partial charge in [-0.1, -0.05) is 25.5 Å². The second-order valence-corrected chi connectivity index (χ2v) is 5.48. The number of aromatic nitrogens is 2. The second kappa shape index (κ2) is 7.27. The molecular weight excluding hydrogens is 262 g/mol. The molecule has 1 aromatic heterocycles. The molecule has 2 N–H and O–H groups in total. The van der Waals surface area contributed by atoms with Gasteiger partial charge >= 0.3 is 0 Å². The van der Waals surface area contributed by atoms with Crippen LogP contribution in [0.15, 0.2) is 30.3 Å². The van der Waals surface area contributed by atoms with Crippen LogP contribution in [0.3, 0.4) is 0 Å². The van der Waals surface area contributed by atoms with Gasteiger partial charge in [0.25, 0.3) is 0 Å². The standard InChI is InChI=1S/C17H25N3O/c1-4-5-10-21-16-8-6-14(7-9-16)17(18)12-15-11-13(2)19-20(15)3/h6-9,11,17H,4-5,10,12,18H2,1-3H3. The molecular formula is C17H25N3O. The van der Waals surface area contributed by atoms with Gasteiger partial charge in [0.2, 0.25) is 0 Å². The Morgan fingerprint density at radius 2 is 2.00 bits per heavy atom. The number of hydrogen-bond acceptors (Lipinski definition) is 3. The van der Waals surface area contributed by atoms with Crippen LogP contribution in [0, 0.1) is 6.92 Å². The number of benzene rings is 1. The van der Waals surface area contributed by atoms with E-state index in [1.165, 1.54) is 0 Å². The van der Waals surface area contributed by atoms with E-state index in [9.17, 15) is 0 Å². The number of ether oxygens (including phenoxy) is 1. The van der Waals surface area contributed by atoms with Crippen LogP contribution in [0.1, 0.15) is 42.8 Å². The smallest absolute Gasteiger partial charge is 0.119 e. The minimum Gasteiger partial charge on any atom is -0.494 e. The normalized spacial score (nSPS) is 12.4. The van der Waals surface area contributed by atoms with Crippen LogP contribution < -0.4 is 10.5 Å². The molecule has 1 aromatic carbocycles. The predicted octanol–water partition coefficient (Wildman–Crippen LogP) is 3.15. The average Bonchev–Trinajstić information content (AvgIpc) is 2.78. The molecule has 0 saturated heterocycles. The van der Waals surface area contributed by atoms with Crippen LogP contribution >= 0.6 is 0 Å². The SMILES string of the molecule is CCCCOc1ccc(C(N)Cc2cc(C)nn2C)cc1. The summed E-state index contributed by atoms with van der Waals surface area (Å²) in [5.41, 5.74) is 9.60. The van der Waals surface area contributed by atoms with Crippen molar-refractivity contribution in [2.24, 2.45) is 12.8 Å². The van der Waals surface area contributed by atoms with E-state index in [0.29, 0.717) is 0 Å². The van der Waals surface area contributed by atoms with Crippen LogP contribution in [-0.4, -0.2) is 16.4 Å². The molecule has 1 heterocycles. The summed E-state index contributed by atoms with van der Waals surface area (Å²) in [6.45, 7) is 4.93. The Kier molecular flexibility index (Phi) is 5.39. The number of aryl methyl sites for hydroxylation is 2. The van der Waals surface area contributed by atoms with Crippen LogP contribution in [-0.2, 0) is 13.5 Å². The van der Waals surface area contributed by atoms with Gasteiger partial charge in [-0.2, -0.15) is 5.10 Å². The van der Waals surface area contributed by atoms with Crippen molar-refractivity contribution in [3.63, 3.8) is 0 Å². The van der Waals surface area contributed by atoms with Gasteiger partial charge in [-0.15, -0.1) is 0 Å². The molecule has 1 unspecified atom stereocenters. The van der Waals surface area contributed by atoms with Crippen LogP contribution in [0.2, 0.25) is 0 Å². The molecule has 0 aliphatic rings. The first-order chi connectivity index (χ1) is 10.1. The van der Waals surface area contributed by atoms with Gasteiger partial charge in [0.15, 0.2) is 0 Å². The number of nitrogens with zero attached hydrogens (tertiary/aromatic N) is 2. The highest BCUT2D eigenvalue weighted by molar-refractivity contribution is 5.30. The van der Waals surface area contributed by atoms with Crippen molar-refractivity contribution in [2.75, 3.05) is 6.61 Å². The van der Waals surface area contributed by atoms with E-state index in [4.69, 9.17) is 10.5 Å². The highest BCUT2D eigenvalue weighted by Gasteiger charge is 2.10. The Morgan fingerprint density at radius 1 is 1.29 bits per heavy atom. The zero-order valence-electron chi connectivity index (χ0n) is 13.2. The molecule has 4 heteroatoms. The zero-order valence-corrected chi connectivity index (χ0v) is 13.2. The van der Waals surface area contributed by atoms with E-state index < -0.39 is 0 Å². The maximum Gasteiger partial charge on any atom is 0.119 e. The average molecular weight is 287 g/mol. The van der Waals surface area contributed by atoms with E-state index in [0.717, 1.165) is 48.6 Å². The molecule has 2 aromatic rings. The molecule has 21 heavy (non-hydrogen) atoms. The Bertz CT molecular complexity index is 560. The number of rotatable bonds is 7. The fourth-order valence-corrected chi connectivity index (χ4v) is 2.34. The third-order valence-corrected chi connectivity index (χ3v) is 3.60. The van der Waals surface area contributed by atoms with Gasteiger partial charge < -0.3 is 10.5 Å².